The molecule has 21 heavy (non-hydrogen) atoms. The minimum atomic E-state index is -0.405. The number of hydrogen-bond acceptors (Lipinski definition) is 5. The van der Waals surface area contributed by atoms with Gasteiger partial charge in [-0.3, -0.25) is 20.3 Å². The Morgan fingerprint density at radius 3 is 2.71 bits per heavy atom. The Hall–Kier alpha value is -2.18. The van der Waals surface area contributed by atoms with Crippen molar-refractivity contribution in [2.24, 2.45) is 0 Å². The molecule has 0 aliphatic carbocycles. The molecule has 6 nitrogen and oxygen atoms in total. The largest absolute Gasteiger partial charge is 0.458 e. The Bertz CT molecular complexity index is 636. The van der Waals surface area contributed by atoms with E-state index in [9.17, 15) is 10.1 Å². The number of nitro groups is 1. The molecule has 0 bridgehead atoms. The van der Waals surface area contributed by atoms with Crippen LogP contribution in [0.25, 0.3) is 11.3 Å². The molecule has 0 amide bonds. The molecular formula is C15H17N3O3. The SMILES string of the molecule is CN1CCCNC1c1ccc(-c2ccc([N+](=O)[O-])cc2)o1. The molecule has 1 atom stereocenters. The van der Waals surface area contributed by atoms with Gasteiger partial charge >= 0.3 is 0 Å². The fourth-order valence-corrected chi connectivity index (χ4v) is 2.57. The van der Waals surface area contributed by atoms with E-state index in [0.29, 0.717) is 0 Å². The van der Waals surface area contributed by atoms with E-state index in [0.717, 1.165) is 36.6 Å². The Morgan fingerprint density at radius 2 is 2.05 bits per heavy atom. The lowest BCUT2D eigenvalue weighted by Crippen LogP contribution is -2.42. The standard InChI is InChI=1S/C15H17N3O3/c1-17-10-2-9-16-15(17)14-8-7-13(21-14)11-3-5-12(6-4-11)18(19)20/h3-8,15-16H,2,9-10H2,1H3. The van der Waals surface area contributed by atoms with Crippen molar-refractivity contribution in [3.8, 4) is 11.3 Å². The average molecular weight is 287 g/mol. The molecule has 1 fully saturated rings. The molecule has 1 N–H and O–H groups in total. The zero-order chi connectivity index (χ0) is 14.8. The highest BCUT2D eigenvalue weighted by atomic mass is 16.6. The van der Waals surface area contributed by atoms with Crippen LogP contribution in [0.15, 0.2) is 40.8 Å². The summed E-state index contributed by atoms with van der Waals surface area (Å²) >= 11 is 0. The van der Waals surface area contributed by atoms with Gasteiger partial charge in [0, 0.05) is 24.2 Å². The second-order valence-electron chi connectivity index (χ2n) is 5.20. The lowest BCUT2D eigenvalue weighted by atomic mass is 10.1. The normalized spacial score (nSPS) is 19.6. The second kappa shape index (κ2) is 5.67. The number of non-ortho nitro benzene ring substituents is 1. The van der Waals surface area contributed by atoms with Gasteiger partial charge in [-0.25, -0.2) is 0 Å². The van der Waals surface area contributed by atoms with Crippen LogP contribution in [0.5, 0.6) is 0 Å². The highest BCUT2D eigenvalue weighted by Gasteiger charge is 2.23. The summed E-state index contributed by atoms with van der Waals surface area (Å²) in [6.07, 6.45) is 1.22. The number of hydrogen-bond donors (Lipinski definition) is 1. The van der Waals surface area contributed by atoms with Crippen LogP contribution in [0, 0.1) is 10.1 Å². The molecule has 1 saturated heterocycles. The van der Waals surface area contributed by atoms with Crippen LogP contribution in [0.3, 0.4) is 0 Å². The number of furan rings is 1. The van der Waals surface area contributed by atoms with E-state index in [1.54, 1.807) is 12.1 Å². The number of nitro benzene ring substituents is 1. The average Bonchev–Trinajstić information content (AvgIpc) is 2.97. The van der Waals surface area contributed by atoms with Crippen LogP contribution in [0.2, 0.25) is 0 Å². The summed E-state index contributed by atoms with van der Waals surface area (Å²) < 4.78 is 5.91. The molecule has 1 aliphatic rings. The van der Waals surface area contributed by atoms with Crippen LogP contribution in [0.4, 0.5) is 5.69 Å². The van der Waals surface area contributed by atoms with Crippen molar-refractivity contribution < 1.29 is 9.34 Å². The van der Waals surface area contributed by atoms with E-state index in [1.807, 2.05) is 12.1 Å². The van der Waals surface area contributed by atoms with Gasteiger partial charge in [-0.05, 0) is 44.3 Å². The lowest BCUT2D eigenvalue weighted by molar-refractivity contribution is -0.384. The van der Waals surface area contributed by atoms with Crippen molar-refractivity contribution in [1.82, 2.24) is 10.2 Å². The highest BCUT2D eigenvalue weighted by Crippen LogP contribution is 2.28. The molecule has 0 radical (unpaired) electrons. The topological polar surface area (TPSA) is 71.5 Å². The fourth-order valence-electron chi connectivity index (χ4n) is 2.57. The molecular weight excluding hydrogens is 270 g/mol. The van der Waals surface area contributed by atoms with Gasteiger partial charge in [-0.1, -0.05) is 0 Å². The fraction of sp³-hybridized carbons (Fsp3) is 0.333. The molecule has 2 heterocycles. The molecule has 1 unspecified atom stereocenters. The first-order chi connectivity index (χ1) is 10.1. The Balaban J connectivity index is 1.82. The third kappa shape index (κ3) is 2.81. The van der Waals surface area contributed by atoms with Crippen LogP contribution >= 0.6 is 0 Å². The summed E-state index contributed by atoms with van der Waals surface area (Å²) in [5.41, 5.74) is 0.921. The minimum Gasteiger partial charge on any atom is -0.458 e. The highest BCUT2D eigenvalue weighted by molar-refractivity contribution is 5.59. The van der Waals surface area contributed by atoms with E-state index in [-0.39, 0.29) is 11.9 Å². The molecule has 3 rings (SSSR count). The summed E-state index contributed by atoms with van der Waals surface area (Å²) in [4.78, 5) is 12.5. The lowest BCUT2D eigenvalue weighted by Gasteiger charge is -2.31. The van der Waals surface area contributed by atoms with Gasteiger partial charge in [-0.2, -0.15) is 0 Å². The summed E-state index contributed by atoms with van der Waals surface area (Å²) in [7, 11) is 2.06. The van der Waals surface area contributed by atoms with Gasteiger partial charge in [-0.15, -0.1) is 0 Å². The van der Waals surface area contributed by atoms with Crippen molar-refractivity contribution in [2.75, 3.05) is 20.1 Å². The van der Waals surface area contributed by atoms with E-state index in [1.165, 1.54) is 12.1 Å². The van der Waals surface area contributed by atoms with Crippen molar-refractivity contribution in [2.45, 2.75) is 12.6 Å². The molecule has 0 saturated carbocycles. The molecule has 110 valence electrons. The maximum Gasteiger partial charge on any atom is 0.269 e. The van der Waals surface area contributed by atoms with Gasteiger partial charge in [0.15, 0.2) is 0 Å². The van der Waals surface area contributed by atoms with E-state index >= 15 is 0 Å². The van der Waals surface area contributed by atoms with Crippen molar-refractivity contribution in [3.63, 3.8) is 0 Å². The van der Waals surface area contributed by atoms with Crippen LogP contribution in [-0.2, 0) is 0 Å². The first-order valence-corrected chi connectivity index (χ1v) is 6.93. The number of rotatable bonds is 3. The third-order valence-corrected chi connectivity index (χ3v) is 3.72. The zero-order valence-electron chi connectivity index (χ0n) is 11.8. The van der Waals surface area contributed by atoms with Crippen molar-refractivity contribution in [3.05, 3.63) is 52.3 Å². The minimum absolute atomic E-state index is 0.0826. The van der Waals surface area contributed by atoms with E-state index < -0.39 is 4.92 Å². The molecule has 6 heteroatoms. The maximum atomic E-state index is 10.7. The summed E-state index contributed by atoms with van der Waals surface area (Å²) in [5.74, 6) is 1.59. The monoisotopic (exact) mass is 287 g/mol. The second-order valence-corrected chi connectivity index (χ2v) is 5.20. The Labute approximate surface area is 122 Å². The molecule has 1 aromatic heterocycles. The Morgan fingerprint density at radius 1 is 1.29 bits per heavy atom. The zero-order valence-corrected chi connectivity index (χ0v) is 11.8. The van der Waals surface area contributed by atoms with Gasteiger partial charge in [0.1, 0.15) is 17.7 Å². The number of benzene rings is 1. The smallest absolute Gasteiger partial charge is 0.269 e. The first-order valence-electron chi connectivity index (χ1n) is 6.93. The van der Waals surface area contributed by atoms with Crippen LogP contribution < -0.4 is 5.32 Å². The quantitative estimate of drug-likeness (QED) is 0.694. The molecule has 2 aromatic rings. The molecule has 1 aromatic carbocycles. The van der Waals surface area contributed by atoms with Gasteiger partial charge < -0.3 is 4.42 Å². The molecule has 1 aliphatic heterocycles. The van der Waals surface area contributed by atoms with E-state index in [4.69, 9.17) is 4.42 Å². The van der Waals surface area contributed by atoms with Crippen molar-refractivity contribution >= 4 is 5.69 Å². The van der Waals surface area contributed by atoms with Crippen LogP contribution in [-0.4, -0.2) is 30.0 Å². The van der Waals surface area contributed by atoms with E-state index in [2.05, 4.69) is 17.3 Å². The predicted molar refractivity (Wildman–Crippen MR) is 78.8 cm³/mol. The van der Waals surface area contributed by atoms with Crippen molar-refractivity contribution in [1.29, 1.82) is 0 Å². The summed E-state index contributed by atoms with van der Waals surface area (Å²) in [6.45, 7) is 2.01. The van der Waals surface area contributed by atoms with Crippen LogP contribution in [0.1, 0.15) is 18.3 Å². The first kappa shape index (κ1) is 13.8. The predicted octanol–water partition coefficient (Wildman–Crippen LogP) is 2.78. The van der Waals surface area contributed by atoms with Gasteiger partial charge in [0.05, 0.1) is 4.92 Å². The third-order valence-electron chi connectivity index (χ3n) is 3.72. The van der Waals surface area contributed by atoms with Gasteiger partial charge in [0.25, 0.3) is 5.69 Å². The maximum absolute atomic E-state index is 10.7. The summed E-state index contributed by atoms with van der Waals surface area (Å²) in [5, 5.41) is 14.1. The summed E-state index contributed by atoms with van der Waals surface area (Å²) in [6, 6.07) is 10.2. The number of nitrogens with one attached hydrogen (secondary N) is 1. The Kier molecular flexibility index (Phi) is 3.72. The molecule has 0 spiro atoms. The number of nitrogens with zero attached hydrogens (tertiary/aromatic N) is 2. The van der Waals surface area contributed by atoms with Gasteiger partial charge in [0.2, 0.25) is 0 Å².